The van der Waals surface area contributed by atoms with Crippen molar-refractivity contribution in [3.8, 4) is 5.82 Å². The first-order valence-corrected chi connectivity index (χ1v) is 16.1. The van der Waals surface area contributed by atoms with Gasteiger partial charge in [-0.2, -0.15) is 0 Å². The second kappa shape index (κ2) is 11.6. The predicted molar refractivity (Wildman–Crippen MR) is 172 cm³/mol. The van der Waals surface area contributed by atoms with E-state index in [0.29, 0.717) is 30.8 Å². The fourth-order valence-electron chi connectivity index (χ4n) is 5.33. The summed E-state index contributed by atoms with van der Waals surface area (Å²) in [6.07, 6.45) is 3.10. The average Bonchev–Trinajstić information content (AvgIpc) is 3.68. The number of aliphatic hydroxyl groups excluding tert-OH is 1. The van der Waals surface area contributed by atoms with Crippen molar-refractivity contribution in [1.29, 1.82) is 0 Å². The Hall–Kier alpha value is -4.63. The van der Waals surface area contributed by atoms with Crippen LogP contribution in [0.25, 0.3) is 27.9 Å². The molecule has 4 heterocycles. The van der Waals surface area contributed by atoms with Crippen molar-refractivity contribution in [3.05, 3.63) is 95.0 Å². The lowest BCUT2D eigenvalue weighted by atomic mass is 10.2. The normalized spacial score (nSPS) is 15.2. The molecule has 0 aliphatic carbocycles. The third-order valence-electron chi connectivity index (χ3n) is 7.56. The van der Waals surface area contributed by atoms with Gasteiger partial charge in [-0.3, -0.25) is 9.29 Å². The summed E-state index contributed by atoms with van der Waals surface area (Å²) in [5.74, 6) is -1.83. The van der Waals surface area contributed by atoms with Gasteiger partial charge in [-0.25, -0.2) is 37.1 Å². The van der Waals surface area contributed by atoms with Crippen LogP contribution >= 0.6 is 23.2 Å². The number of rotatable bonds is 7. The van der Waals surface area contributed by atoms with Crippen LogP contribution in [0.15, 0.2) is 78.2 Å². The van der Waals surface area contributed by atoms with Gasteiger partial charge in [0.2, 0.25) is 0 Å². The molecule has 3 N–H and O–H groups in total. The molecule has 6 aromatic rings. The fraction of sp³-hybridized carbons (Fsp3) is 0.133. The van der Waals surface area contributed by atoms with Crippen LogP contribution in [-0.4, -0.2) is 57.2 Å². The van der Waals surface area contributed by atoms with E-state index in [1.165, 1.54) is 24.5 Å². The van der Waals surface area contributed by atoms with E-state index < -0.39 is 39.1 Å². The molecule has 1 saturated heterocycles. The molecule has 1 fully saturated rings. The van der Waals surface area contributed by atoms with Crippen LogP contribution in [0.5, 0.6) is 0 Å². The Labute approximate surface area is 270 Å². The second-order valence-electron chi connectivity index (χ2n) is 10.5. The van der Waals surface area contributed by atoms with Crippen LogP contribution in [0.3, 0.4) is 0 Å². The maximum absolute atomic E-state index is 15.7. The SMILES string of the molecule is O=S(=O)(Nc1ccc(F)c(Nc2ncnc3ccc(-n4cnc5c(N6CC[C@@H](O)C6)cccc54)nc23)c1F)c1cccc(Cl)c1Cl. The molecule has 1 aliphatic heterocycles. The van der Waals surface area contributed by atoms with Gasteiger partial charge in [-0.1, -0.05) is 35.3 Å². The summed E-state index contributed by atoms with van der Waals surface area (Å²) in [4.78, 5) is 19.4. The molecule has 3 aromatic heterocycles. The molecule has 1 aliphatic rings. The smallest absolute Gasteiger partial charge is 0.263 e. The second-order valence-corrected chi connectivity index (χ2v) is 12.9. The van der Waals surface area contributed by atoms with E-state index in [-0.39, 0.29) is 26.3 Å². The molecule has 0 saturated carbocycles. The van der Waals surface area contributed by atoms with E-state index in [4.69, 9.17) is 28.2 Å². The van der Waals surface area contributed by atoms with Crippen LogP contribution < -0.4 is 14.9 Å². The van der Waals surface area contributed by atoms with Gasteiger partial charge in [0.15, 0.2) is 11.6 Å². The number of nitrogens with zero attached hydrogens (tertiary/aromatic N) is 6. The fourth-order valence-corrected chi connectivity index (χ4v) is 7.16. The molecule has 0 unspecified atom stereocenters. The molecule has 16 heteroatoms. The summed E-state index contributed by atoms with van der Waals surface area (Å²) in [7, 11) is -4.40. The Bertz CT molecular complexity index is 2270. The lowest BCUT2D eigenvalue weighted by molar-refractivity contribution is 0.198. The highest BCUT2D eigenvalue weighted by Gasteiger charge is 2.25. The number of anilines is 4. The van der Waals surface area contributed by atoms with Gasteiger partial charge in [0.25, 0.3) is 10.0 Å². The molecule has 46 heavy (non-hydrogen) atoms. The number of halogens is 4. The Morgan fingerprint density at radius 1 is 0.957 bits per heavy atom. The van der Waals surface area contributed by atoms with Crippen molar-refractivity contribution >= 4 is 78.2 Å². The summed E-state index contributed by atoms with van der Waals surface area (Å²) in [5, 5.41) is 12.4. The van der Waals surface area contributed by atoms with Gasteiger partial charge in [0, 0.05) is 13.1 Å². The number of sulfonamides is 1. The number of nitrogens with one attached hydrogen (secondary N) is 2. The lowest BCUT2D eigenvalue weighted by Gasteiger charge is -2.18. The number of fused-ring (bicyclic) bond motifs is 2. The maximum atomic E-state index is 15.7. The van der Waals surface area contributed by atoms with Crippen LogP contribution in [-0.2, 0) is 10.0 Å². The minimum Gasteiger partial charge on any atom is -0.391 e. The Balaban J connectivity index is 1.25. The molecule has 7 rings (SSSR count). The van der Waals surface area contributed by atoms with Crippen molar-refractivity contribution in [2.24, 2.45) is 0 Å². The van der Waals surface area contributed by atoms with Crippen molar-refractivity contribution in [2.45, 2.75) is 17.4 Å². The summed E-state index contributed by atoms with van der Waals surface area (Å²) in [5.41, 5.74) is 1.73. The molecule has 0 spiro atoms. The zero-order valence-electron chi connectivity index (χ0n) is 23.5. The summed E-state index contributed by atoms with van der Waals surface area (Å²) in [6.45, 7) is 1.22. The van der Waals surface area contributed by atoms with Crippen LogP contribution in [0, 0.1) is 11.6 Å². The first kappa shape index (κ1) is 30.0. The molecule has 11 nitrogen and oxygen atoms in total. The number of para-hydroxylation sites is 1. The van der Waals surface area contributed by atoms with Gasteiger partial charge < -0.3 is 15.3 Å². The van der Waals surface area contributed by atoms with E-state index in [1.54, 1.807) is 23.0 Å². The lowest BCUT2D eigenvalue weighted by Crippen LogP contribution is -2.21. The monoisotopic (exact) mass is 682 g/mol. The van der Waals surface area contributed by atoms with E-state index in [9.17, 15) is 13.5 Å². The number of pyridine rings is 1. The third kappa shape index (κ3) is 5.32. The third-order valence-corrected chi connectivity index (χ3v) is 9.90. The number of hydrogen-bond acceptors (Lipinski definition) is 9. The van der Waals surface area contributed by atoms with Crippen molar-refractivity contribution in [1.82, 2.24) is 24.5 Å². The molecule has 234 valence electrons. The molecule has 0 amide bonds. The standard InChI is InChI=1S/C30H22Cl2F2N8O3S/c31-17-3-1-6-23(25(17)32)46(44,45)40-19-8-7-18(33)27(26(19)34)39-30-28-20(35-14-36-30)9-10-24(38-28)42-15-37-29-21(4-2-5-22(29)42)41-12-11-16(43)13-41/h1-10,14-16,40,43H,11-13H2,(H,35,36,39)/t16-/m1/s1. The van der Waals surface area contributed by atoms with Crippen LogP contribution in [0.1, 0.15) is 6.42 Å². The van der Waals surface area contributed by atoms with Gasteiger partial charge in [0.1, 0.15) is 45.9 Å². The zero-order valence-corrected chi connectivity index (χ0v) is 25.8. The Kier molecular flexibility index (Phi) is 7.59. The van der Waals surface area contributed by atoms with Crippen LogP contribution in [0.2, 0.25) is 10.0 Å². The molecular weight excluding hydrogens is 661 g/mol. The highest BCUT2D eigenvalue weighted by Crippen LogP contribution is 2.35. The molecule has 3 aromatic carbocycles. The predicted octanol–water partition coefficient (Wildman–Crippen LogP) is 6.06. The molecular formula is C30H22Cl2F2N8O3S. The Morgan fingerprint density at radius 3 is 2.59 bits per heavy atom. The highest BCUT2D eigenvalue weighted by atomic mass is 35.5. The van der Waals surface area contributed by atoms with Gasteiger partial charge in [-0.15, -0.1) is 0 Å². The molecule has 0 bridgehead atoms. The quantitative estimate of drug-likeness (QED) is 0.183. The van der Waals surface area contributed by atoms with E-state index >= 15 is 8.78 Å². The van der Waals surface area contributed by atoms with Gasteiger partial charge in [-0.05, 0) is 55.0 Å². The van der Waals surface area contributed by atoms with E-state index in [2.05, 4.69) is 29.9 Å². The first-order chi connectivity index (χ1) is 22.1. The van der Waals surface area contributed by atoms with Crippen molar-refractivity contribution in [2.75, 3.05) is 28.0 Å². The number of hydrogen-bond donors (Lipinski definition) is 3. The summed E-state index contributed by atoms with van der Waals surface area (Å²) in [6, 6.07) is 15.0. The van der Waals surface area contributed by atoms with Crippen LogP contribution in [0.4, 0.5) is 31.7 Å². The Morgan fingerprint density at radius 2 is 1.78 bits per heavy atom. The zero-order chi connectivity index (χ0) is 32.2. The number of aromatic nitrogens is 5. The first-order valence-electron chi connectivity index (χ1n) is 13.8. The molecule has 1 atom stereocenters. The van der Waals surface area contributed by atoms with E-state index in [0.717, 1.165) is 28.9 Å². The number of imidazole rings is 1. The topological polar surface area (TPSA) is 138 Å². The maximum Gasteiger partial charge on any atom is 0.263 e. The van der Waals surface area contributed by atoms with Crippen molar-refractivity contribution in [3.63, 3.8) is 0 Å². The number of aliphatic hydroxyl groups is 1. The summed E-state index contributed by atoms with van der Waals surface area (Å²) >= 11 is 12.0. The van der Waals surface area contributed by atoms with Gasteiger partial charge >= 0.3 is 0 Å². The van der Waals surface area contributed by atoms with E-state index in [1.807, 2.05) is 18.2 Å². The number of benzene rings is 3. The minimum absolute atomic E-state index is 0.00968. The largest absolute Gasteiger partial charge is 0.391 e. The molecule has 0 radical (unpaired) electrons. The number of β-amino-alcohol motifs (C(OH)–C–C–N with tert-alkyl or cyclic N) is 1. The highest BCUT2D eigenvalue weighted by molar-refractivity contribution is 7.92. The summed E-state index contributed by atoms with van der Waals surface area (Å²) < 4.78 is 60.7. The van der Waals surface area contributed by atoms with Crippen molar-refractivity contribution < 1.29 is 22.3 Å². The average molecular weight is 684 g/mol. The minimum atomic E-state index is -4.40. The van der Waals surface area contributed by atoms with Gasteiger partial charge in [0.05, 0.1) is 38.6 Å².